The number of ether oxygens (including phenoxy) is 4. The first-order chi connectivity index (χ1) is 32.4. The fourth-order valence-electron chi connectivity index (χ4n) is 8.52. The molecule has 9 heteroatoms. The van der Waals surface area contributed by atoms with Crippen molar-refractivity contribution in [3.8, 4) is 64.8 Å². The maximum Gasteiger partial charge on any atom is 0.126 e. The van der Waals surface area contributed by atoms with E-state index in [0.717, 1.165) is 88.2 Å². The van der Waals surface area contributed by atoms with Crippen molar-refractivity contribution in [2.45, 2.75) is 111 Å². The van der Waals surface area contributed by atoms with E-state index in [2.05, 4.69) is 128 Å². The molecule has 0 aliphatic carbocycles. The molecule has 6 rings (SSSR count). The van der Waals surface area contributed by atoms with Gasteiger partial charge in [0.05, 0.1) is 28.4 Å². The van der Waals surface area contributed by atoms with Gasteiger partial charge in [-0.15, -0.1) is 22.7 Å². The Balaban J connectivity index is 0.00000403. The van der Waals surface area contributed by atoms with Crippen molar-refractivity contribution in [3.05, 3.63) is 108 Å². The number of hydrogen-bond donors (Lipinski definition) is 2. The number of hydrogen-bond acceptors (Lipinski definition) is 9. The number of aliphatic hydroxyl groups excluding tert-OH is 1. The van der Waals surface area contributed by atoms with E-state index in [9.17, 15) is 0 Å². The molecule has 0 spiro atoms. The van der Waals surface area contributed by atoms with Gasteiger partial charge in [-0.05, 0) is 114 Å². The number of rotatable bonds is 28. The van der Waals surface area contributed by atoms with Gasteiger partial charge in [-0.3, -0.25) is 0 Å². The third-order valence-corrected chi connectivity index (χ3v) is 14.5. The SMILES string of the molecule is CCCCCCCCNc1ccc(-c2ccc(-c3cc(OC)c(Cc4c(OC)cc(-c5ccc(-c6ccc(N(CCC)CCCCCCCC)cc6)s5)cc4OC)c(OC)c3)s2)cc1.CO. The number of unbranched alkanes of at least 4 members (excludes halogenated alkanes) is 10. The zero-order chi connectivity index (χ0) is 47.1. The summed E-state index contributed by atoms with van der Waals surface area (Å²) in [5, 5.41) is 10.6. The Hall–Kier alpha value is -4.96. The third-order valence-electron chi connectivity index (χ3n) is 12.2. The molecule has 66 heavy (non-hydrogen) atoms. The molecule has 2 N–H and O–H groups in total. The molecule has 356 valence electrons. The minimum absolute atomic E-state index is 0.504. The number of benzene rings is 4. The van der Waals surface area contributed by atoms with Crippen LogP contribution in [0.5, 0.6) is 23.0 Å². The Bertz CT molecular complexity index is 2250. The lowest BCUT2D eigenvalue weighted by Crippen LogP contribution is -2.25. The van der Waals surface area contributed by atoms with Crippen molar-refractivity contribution >= 4 is 34.0 Å². The van der Waals surface area contributed by atoms with Crippen LogP contribution < -0.4 is 29.2 Å². The Kier molecular flexibility index (Phi) is 22.3. The van der Waals surface area contributed by atoms with Gasteiger partial charge in [0, 0.05) is 75.2 Å². The molecule has 0 atom stereocenters. The van der Waals surface area contributed by atoms with Crippen molar-refractivity contribution in [3.63, 3.8) is 0 Å². The van der Waals surface area contributed by atoms with Gasteiger partial charge >= 0.3 is 0 Å². The fraction of sp³-hybridized carbons (Fsp3) is 0.439. The molecule has 0 amide bonds. The topological polar surface area (TPSA) is 72.4 Å². The number of nitrogens with zero attached hydrogens (tertiary/aromatic N) is 1. The van der Waals surface area contributed by atoms with Crippen LogP contribution in [-0.2, 0) is 6.42 Å². The average molecular weight is 933 g/mol. The van der Waals surface area contributed by atoms with E-state index < -0.39 is 0 Å². The summed E-state index contributed by atoms with van der Waals surface area (Å²) < 4.78 is 24.3. The van der Waals surface area contributed by atoms with E-state index in [0.29, 0.717) is 6.42 Å². The van der Waals surface area contributed by atoms with E-state index in [1.807, 2.05) is 0 Å². The fourth-order valence-corrected chi connectivity index (χ4v) is 10.5. The second-order valence-electron chi connectivity index (χ2n) is 16.8. The van der Waals surface area contributed by atoms with Crippen LogP contribution in [0.4, 0.5) is 11.4 Å². The standard InChI is InChI=1S/C56H72N2O4S2.CH4O/c1-8-11-13-15-17-19-33-57-45-25-21-41(22-26-45)53-29-31-55(63-53)43-36-49(59-4)47(50(37-43)60-5)40-48-51(61-6)38-44(39-52(48)62-7)56-32-30-54(64-56)42-23-27-46(28-24-42)58(34-10-3)35-20-18-16-14-12-9-2;1-2/h21-32,36-39,57H,8-20,33-35,40H2,1-7H3;2H,1H3. The van der Waals surface area contributed by atoms with Gasteiger partial charge in [0.25, 0.3) is 0 Å². The Morgan fingerprint density at radius 2 is 0.833 bits per heavy atom. The Labute approximate surface area is 405 Å². The number of anilines is 2. The summed E-state index contributed by atoms with van der Waals surface area (Å²) in [5.74, 6) is 3.03. The molecule has 6 aromatic rings. The molecular weight excluding hydrogens is 857 g/mol. The molecule has 0 saturated heterocycles. The first kappa shape index (κ1) is 52.0. The number of methoxy groups -OCH3 is 4. The molecule has 7 nitrogen and oxygen atoms in total. The monoisotopic (exact) mass is 933 g/mol. The largest absolute Gasteiger partial charge is 0.496 e. The quantitative estimate of drug-likeness (QED) is 0.0475. The Morgan fingerprint density at radius 3 is 1.26 bits per heavy atom. The minimum Gasteiger partial charge on any atom is -0.496 e. The summed E-state index contributed by atoms with van der Waals surface area (Å²) in [6, 6.07) is 35.3. The molecule has 0 fully saturated rings. The maximum atomic E-state index is 7.00. The summed E-state index contributed by atoms with van der Waals surface area (Å²) >= 11 is 3.56. The predicted molar refractivity (Wildman–Crippen MR) is 285 cm³/mol. The van der Waals surface area contributed by atoms with E-state index in [1.165, 1.54) is 109 Å². The van der Waals surface area contributed by atoms with Crippen LogP contribution in [-0.4, -0.2) is 60.3 Å². The van der Waals surface area contributed by atoms with Gasteiger partial charge in [-0.25, -0.2) is 0 Å². The van der Waals surface area contributed by atoms with Crippen LogP contribution in [0.2, 0.25) is 0 Å². The van der Waals surface area contributed by atoms with E-state index in [4.69, 9.17) is 24.1 Å². The highest BCUT2D eigenvalue weighted by atomic mass is 32.1. The summed E-state index contributed by atoms with van der Waals surface area (Å²) in [6.45, 7) is 10.0. The molecule has 0 radical (unpaired) electrons. The Morgan fingerprint density at radius 1 is 0.439 bits per heavy atom. The predicted octanol–water partition coefficient (Wildman–Crippen LogP) is 16.1. The lowest BCUT2D eigenvalue weighted by Gasteiger charge is -2.24. The van der Waals surface area contributed by atoms with Crippen molar-refractivity contribution in [2.24, 2.45) is 0 Å². The van der Waals surface area contributed by atoms with Gasteiger partial charge in [0.1, 0.15) is 23.0 Å². The second-order valence-corrected chi connectivity index (χ2v) is 19.0. The normalized spacial score (nSPS) is 10.9. The van der Waals surface area contributed by atoms with Crippen molar-refractivity contribution in [1.29, 1.82) is 0 Å². The van der Waals surface area contributed by atoms with Gasteiger partial charge in [-0.1, -0.05) is 109 Å². The van der Waals surface area contributed by atoms with E-state index in [1.54, 1.807) is 51.1 Å². The molecule has 0 unspecified atom stereocenters. The van der Waals surface area contributed by atoms with Crippen molar-refractivity contribution in [2.75, 3.05) is 65.4 Å². The first-order valence-corrected chi connectivity index (χ1v) is 25.9. The number of nitrogens with one attached hydrogen (secondary N) is 1. The van der Waals surface area contributed by atoms with Crippen LogP contribution in [0.3, 0.4) is 0 Å². The van der Waals surface area contributed by atoms with Gasteiger partial charge < -0.3 is 34.3 Å². The number of thiophene rings is 2. The molecule has 0 bridgehead atoms. The zero-order valence-electron chi connectivity index (χ0n) is 41.1. The zero-order valence-corrected chi connectivity index (χ0v) is 42.7. The smallest absolute Gasteiger partial charge is 0.126 e. The summed E-state index contributed by atoms with van der Waals surface area (Å²) in [6.07, 6.45) is 17.4. The summed E-state index contributed by atoms with van der Waals surface area (Å²) in [5.41, 5.74) is 8.90. The molecule has 2 heterocycles. The van der Waals surface area contributed by atoms with Crippen molar-refractivity contribution in [1.82, 2.24) is 0 Å². The molecule has 0 aliphatic rings. The molecule has 2 aromatic heterocycles. The average Bonchev–Trinajstić information content (AvgIpc) is 4.07. The van der Waals surface area contributed by atoms with E-state index >= 15 is 0 Å². The highest BCUT2D eigenvalue weighted by Gasteiger charge is 2.22. The van der Waals surface area contributed by atoms with Crippen LogP contribution in [0.1, 0.15) is 115 Å². The minimum atomic E-state index is 0.504. The summed E-state index contributed by atoms with van der Waals surface area (Å²) in [7, 11) is 7.90. The molecule has 0 aliphatic heterocycles. The molecule has 4 aromatic carbocycles. The van der Waals surface area contributed by atoms with Crippen LogP contribution >= 0.6 is 22.7 Å². The lowest BCUT2D eigenvalue weighted by molar-refractivity contribution is 0.378. The second kappa shape index (κ2) is 28.3. The lowest BCUT2D eigenvalue weighted by atomic mass is 9.97. The highest BCUT2D eigenvalue weighted by Crippen LogP contribution is 2.45. The van der Waals surface area contributed by atoms with Crippen LogP contribution in [0.15, 0.2) is 97.1 Å². The van der Waals surface area contributed by atoms with Gasteiger partial charge in [-0.2, -0.15) is 0 Å². The molecular formula is C57H76N2O5S2. The maximum absolute atomic E-state index is 7.00. The highest BCUT2D eigenvalue weighted by molar-refractivity contribution is 7.19. The van der Waals surface area contributed by atoms with Crippen LogP contribution in [0, 0.1) is 0 Å². The van der Waals surface area contributed by atoms with Crippen LogP contribution in [0.25, 0.3) is 41.8 Å². The van der Waals surface area contributed by atoms with E-state index in [-0.39, 0.29) is 0 Å². The summed E-state index contributed by atoms with van der Waals surface area (Å²) in [4.78, 5) is 7.31. The van der Waals surface area contributed by atoms with Crippen molar-refractivity contribution < 1.29 is 24.1 Å². The third kappa shape index (κ3) is 14.5. The molecule has 0 saturated carbocycles. The first-order valence-electron chi connectivity index (χ1n) is 24.3. The van der Waals surface area contributed by atoms with Gasteiger partial charge in [0.2, 0.25) is 0 Å². The van der Waals surface area contributed by atoms with Gasteiger partial charge in [0.15, 0.2) is 0 Å². The number of aliphatic hydroxyl groups is 1.